The average Bonchev–Trinajstić information content (AvgIpc) is 2.89. The van der Waals surface area contributed by atoms with Gasteiger partial charge < -0.3 is 10.5 Å². The van der Waals surface area contributed by atoms with E-state index < -0.39 is 5.97 Å². The number of carbonyl (C=O) groups is 1. The van der Waals surface area contributed by atoms with Gasteiger partial charge in [0, 0.05) is 23.5 Å². The normalized spacial score (nSPS) is 10.7. The summed E-state index contributed by atoms with van der Waals surface area (Å²) in [5.74, 6) is -0.479. The topological polar surface area (TPSA) is 83.0 Å². The summed E-state index contributed by atoms with van der Waals surface area (Å²) in [4.78, 5) is 15.5. The quantitative estimate of drug-likeness (QED) is 0.566. The smallest absolute Gasteiger partial charge is 0.356 e. The number of aromatic nitrogens is 3. The molecule has 20 heavy (non-hydrogen) atoms. The van der Waals surface area contributed by atoms with Gasteiger partial charge in [-0.25, -0.2) is 14.5 Å². The summed E-state index contributed by atoms with van der Waals surface area (Å²) in [5.41, 5.74) is 8.23. The van der Waals surface area contributed by atoms with Crippen molar-refractivity contribution in [2.24, 2.45) is 0 Å². The second-order valence-electron chi connectivity index (χ2n) is 4.28. The SMILES string of the molecule is COC(=O)c1cc(-n2cc3cc(N)ccc3n2)ccn1. The summed E-state index contributed by atoms with van der Waals surface area (Å²) in [6.45, 7) is 0. The molecule has 0 radical (unpaired) electrons. The van der Waals surface area contributed by atoms with Crippen molar-refractivity contribution in [1.82, 2.24) is 14.8 Å². The van der Waals surface area contributed by atoms with Crippen molar-refractivity contribution in [3.05, 3.63) is 48.4 Å². The summed E-state index contributed by atoms with van der Waals surface area (Å²) in [6, 6.07) is 8.89. The lowest BCUT2D eigenvalue weighted by molar-refractivity contribution is 0.0594. The Balaban J connectivity index is 2.08. The molecule has 0 atom stereocenters. The van der Waals surface area contributed by atoms with Gasteiger partial charge in [0.25, 0.3) is 0 Å². The fourth-order valence-electron chi connectivity index (χ4n) is 1.95. The number of nitrogens with two attached hydrogens (primary N) is 1. The molecule has 0 fully saturated rings. The molecule has 0 spiro atoms. The Labute approximate surface area is 114 Å². The van der Waals surface area contributed by atoms with Crippen LogP contribution in [-0.2, 0) is 4.74 Å². The Hall–Kier alpha value is -2.89. The molecular formula is C14H12N4O2. The number of carbonyl (C=O) groups excluding carboxylic acids is 1. The molecular weight excluding hydrogens is 256 g/mol. The average molecular weight is 268 g/mol. The van der Waals surface area contributed by atoms with E-state index in [1.165, 1.54) is 7.11 Å². The monoisotopic (exact) mass is 268 g/mol. The lowest BCUT2D eigenvalue weighted by atomic mass is 10.2. The molecule has 2 aromatic heterocycles. The largest absolute Gasteiger partial charge is 0.464 e. The van der Waals surface area contributed by atoms with Crippen molar-refractivity contribution in [2.75, 3.05) is 12.8 Å². The lowest BCUT2D eigenvalue weighted by Gasteiger charge is -2.02. The number of fused-ring (bicyclic) bond motifs is 1. The molecule has 3 rings (SSSR count). The van der Waals surface area contributed by atoms with Crippen LogP contribution in [0.25, 0.3) is 16.6 Å². The van der Waals surface area contributed by atoms with Crippen LogP contribution >= 0.6 is 0 Å². The van der Waals surface area contributed by atoms with Crippen LogP contribution in [0.15, 0.2) is 42.7 Å². The first kappa shape index (κ1) is 12.2. The third-order valence-electron chi connectivity index (χ3n) is 2.93. The molecule has 100 valence electrons. The number of benzene rings is 1. The maximum atomic E-state index is 11.5. The van der Waals surface area contributed by atoms with Gasteiger partial charge in [-0.2, -0.15) is 5.10 Å². The molecule has 2 heterocycles. The van der Waals surface area contributed by atoms with Gasteiger partial charge in [-0.15, -0.1) is 0 Å². The summed E-state index contributed by atoms with van der Waals surface area (Å²) >= 11 is 0. The van der Waals surface area contributed by atoms with Crippen molar-refractivity contribution >= 4 is 22.6 Å². The fourth-order valence-corrected chi connectivity index (χ4v) is 1.95. The van der Waals surface area contributed by atoms with E-state index in [9.17, 15) is 4.79 Å². The van der Waals surface area contributed by atoms with Crippen LogP contribution in [0, 0.1) is 0 Å². The summed E-state index contributed by atoms with van der Waals surface area (Å²) in [5, 5.41) is 5.36. The predicted molar refractivity (Wildman–Crippen MR) is 74.6 cm³/mol. The van der Waals surface area contributed by atoms with Crippen LogP contribution in [0.5, 0.6) is 0 Å². The number of esters is 1. The molecule has 2 N–H and O–H groups in total. The third-order valence-corrected chi connectivity index (χ3v) is 2.93. The highest BCUT2D eigenvalue weighted by atomic mass is 16.5. The molecule has 6 heteroatoms. The zero-order valence-electron chi connectivity index (χ0n) is 10.8. The molecule has 1 aromatic carbocycles. The zero-order chi connectivity index (χ0) is 14.1. The molecule has 0 aliphatic heterocycles. The summed E-state index contributed by atoms with van der Waals surface area (Å²) in [7, 11) is 1.32. The van der Waals surface area contributed by atoms with Gasteiger partial charge in [0.1, 0.15) is 5.69 Å². The molecule has 0 bridgehead atoms. The van der Waals surface area contributed by atoms with Crippen molar-refractivity contribution in [3.8, 4) is 5.69 Å². The van der Waals surface area contributed by atoms with Gasteiger partial charge in [0.05, 0.1) is 18.3 Å². The minimum Gasteiger partial charge on any atom is -0.464 e. The maximum Gasteiger partial charge on any atom is 0.356 e. The number of hydrogen-bond acceptors (Lipinski definition) is 5. The van der Waals surface area contributed by atoms with Gasteiger partial charge in [0.2, 0.25) is 0 Å². The Kier molecular flexibility index (Phi) is 2.83. The summed E-state index contributed by atoms with van der Waals surface area (Å²) in [6.07, 6.45) is 3.39. The van der Waals surface area contributed by atoms with Gasteiger partial charge in [-0.1, -0.05) is 0 Å². The lowest BCUT2D eigenvalue weighted by Crippen LogP contribution is -2.05. The van der Waals surface area contributed by atoms with E-state index in [-0.39, 0.29) is 5.69 Å². The number of nitrogen functional groups attached to an aromatic ring is 1. The molecule has 0 saturated heterocycles. The Bertz CT molecular complexity index is 795. The number of rotatable bonds is 2. The second kappa shape index (κ2) is 4.65. The highest BCUT2D eigenvalue weighted by molar-refractivity contribution is 5.87. The van der Waals surface area contributed by atoms with Crippen LogP contribution in [0.2, 0.25) is 0 Å². The Morgan fingerprint density at radius 1 is 1.30 bits per heavy atom. The van der Waals surface area contributed by atoms with Crippen LogP contribution in [0.4, 0.5) is 5.69 Å². The van der Waals surface area contributed by atoms with Gasteiger partial charge in [0.15, 0.2) is 0 Å². The molecule has 3 aromatic rings. The number of hydrogen-bond donors (Lipinski definition) is 1. The minimum absolute atomic E-state index is 0.240. The van der Waals surface area contributed by atoms with Crippen LogP contribution in [-0.4, -0.2) is 27.8 Å². The van der Waals surface area contributed by atoms with E-state index in [0.29, 0.717) is 5.69 Å². The number of nitrogens with zero attached hydrogens (tertiary/aromatic N) is 3. The van der Waals surface area contributed by atoms with Crippen molar-refractivity contribution in [1.29, 1.82) is 0 Å². The molecule has 0 aliphatic rings. The van der Waals surface area contributed by atoms with Gasteiger partial charge in [-0.3, -0.25) is 0 Å². The first-order valence-corrected chi connectivity index (χ1v) is 5.97. The molecule has 0 saturated carbocycles. The highest BCUT2D eigenvalue weighted by Gasteiger charge is 2.09. The van der Waals surface area contributed by atoms with E-state index in [1.54, 1.807) is 29.1 Å². The third kappa shape index (κ3) is 2.07. The van der Waals surface area contributed by atoms with Crippen molar-refractivity contribution in [2.45, 2.75) is 0 Å². The summed E-state index contributed by atoms with van der Waals surface area (Å²) < 4.78 is 6.33. The molecule has 0 amide bonds. The Morgan fingerprint density at radius 2 is 2.15 bits per heavy atom. The van der Waals surface area contributed by atoms with Crippen LogP contribution in [0.1, 0.15) is 10.5 Å². The minimum atomic E-state index is -0.479. The number of methoxy groups -OCH3 is 1. The molecule has 6 nitrogen and oxygen atoms in total. The molecule has 0 aliphatic carbocycles. The first-order valence-electron chi connectivity index (χ1n) is 5.97. The number of pyridine rings is 1. The van der Waals surface area contributed by atoms with Crippen molar-refractivity contribution in [3.63, 3.8) is 0 Å². The Morgan fingerprint density at radius 3 is 2.95 bits per heavy atom. The standard InChI is InChI=1S/C14H12N4O2/c1-20-14(19)13-7-11(4-5-16-13)18-8-9-6-10(15)2-3-12(9)17-18/h2-8H,15H2,1H3. The maximum absolute atomic E-state index is 11.5. The van der Waals surface area contributed by atoms with E-state index >= 15 is 0 Å². The van der Waals surface area contributed by atoms with E-state index in [1.807, 2.05) is 18.3 Å². The molecule has 0 unspecified atom stereocenters. The fraction of sp³-hybridized carbons (Fsp3) is 0.0714. The van der Waals surface area contributed by atoms with E-state index in [0.717, 1.165) is 16.6 Å². The van der Waals surface area contributed by atoms with Crippen LogP contribution in [0.3, 0.4) is 0 Å². The van der Waals surface area contributed by atoms with Gasteiger partial charge in [-0.05, 0) is 30.3 Å². The first-order chi connectivity index (χ1) is 9.67. The zero-order valence-corrected chi connectivity index (χ0v) is 10.8. The number of anilines is 1. The van der Waals surface area contributed by atoms with Crippen LogP contribution < -0.4 is 5.73 Å². The van der Waals surface area contributed by atoms with Crippen molar-refractivity contribution < 1.29 is 9.53 Å². The predicted octanol–water partition coefficient (Wildman–Crippen LogP) is 1.79. The van der Waals surface area contributed by atoms with Gasteiger partial charge >= 0.3 is 5.97 Å². The van der Waals surface area contributed by atoms with E-state index in [4.69, 9.17) is 5.73 Å². The van der Waals surface area contributed by atoms with E-state index in [2.05, 4.69) is 14.8 Å². The highest BCUT2D eigenvalue weighted by Crippen LogP contribution is 2.18. The number of ether oxygens (including phenoxy) is 1. The second-order valence-corrected chi connectivity index (χ2v) is 4.28.